The van der Waals surface area contributed by atoms with Crippen LogP contribution in [0, 0.1) is 5.92 Å². The van der Waals surface area contributed by atoms with Gasteiger partial charge in [-0.3, -0.25) is 9.98 Å². The molecule has 4 aromatic rings. The first-order valence-electron chi connectivity index (χ1n) is 10.8. The molecule has 0 bridgehead atoms. The van der Waals surface area contributed by atoms with Crippen LogP contribution in [0.5, 0.6) is 0 Å². The third kappa shape index (κ3) is 3.70. The molecule has 1 atom stereocenters. The Hall–Kier alpha value is -3.53. The summed E-state index contributed by atoms with van der Waals surface area (Å²) < 4.78 is 0. The number of aromatic nitrogens is 2. The number of nitrogens with zero attached hydrogens (tertiary/aromatic N) is 3. The van der Waals surface area contributed by atoms with E-state index in [0.29, 0.717) is 5.92 Å². The molecule has 0 amide bonds. The van der Waals surface area contributed by atoms with Crippen molar-refractivity contribution in [2.45, 2.75) is 25.8 Å². The van der Waals surface area contributed by atoms with E-state index in [9.17, 15) is 0 Å². The molecule has 4 nitrogen and oxygen atoms in total. The predicted molar refractivity (Wildman–Crippen MR) is 127 cm³/mol. The molecule has 0 saturated heterocycles. The van der Waals surface area contributed by atoms with E-state index in [0.717, 1.165) is 46.5 Å². The molecule has 3 heterocycles. The highest BCUT2D eigenvalue weighted by Gasteiger charge is 2.38. The quantitative estimate of drug-likeness (QED) is 0.470. The maximum Gasteiger partial charge on any atom is 0.130 e. The summed E-state index contributed by atoms with van der Waals surface area (Å²) in [6.45, 7) is 5.31. The largest absolute Gasteiger partial charge is 0.367 e. The van der Waals surface area contributed by atoms with Gasteiger partial charge in [0.15, 0.2) is 0 Å². The molecular weight excluding hydrogens is 380 g/mol. The zero-order valence-corrected chi connectivity index (χ0v) is 17.9. The summed E-state index contributed by atoms with van der Waals surface area (Å²) in [5.74, 6) is 1.45. The van der Waals surface area contributed by atoms with E-state index >= 15 is 0 Å². The minimum absolute atomic E-state index is 0.268. The summed E-state index contributed by atoms with van der Waals surface area (Å²) >= 11 is 0. The van der Waals surface area contributed by atoms with E-state index < -0.39 is 0 Å². The van der Waals surface area contributed by atoms with Gasteiger partial charge in [0.1, 0.15) is 11.4 Å². The second-order valence-corrected chi connectivity index (χ2v) is 8.62. The Labute approximate surface area is 183 Å². The first-order chi connectivity index (χ1) is 15.1. The van der Waals surface area contributed by atoms with Gasteiger partial charge in [-0.2, -0.15) is 0 Å². The molecule has 1 aliphatic rings. The summed E-state index contributed by atoms with van der Waals surface area (Å²) in [6, 6.07) is 25.1. The number of amidine groups is 1. The number of hydrogen-bond donors (Lipinski definition) is 1. The van der Waals surface area contributed by atoms with Crippen LogP contribution in [0.2, 0.25) is 0 Å². The summed E-state index contributed by atoms with van der Waals surface area (Å²) in [6.07, 6.45) is 4.67. The maximum atomic E-state index is 5.34. The Morgan fingerprint density at radius 3 is 2.45 bits per heavy atom. The Bertz CT molecular complexity index is 1230. The number of hydrogen-bond acceptors (Lipinski definition) is 4. The van der Waals surface area contributed by atoms with E-state index in [2.05, 4.69) is 72.7 Å². The third-order valence-corrected chi connectivity index (χ3v) is 5.87. The van der Waals surface area contributed by atoms with E-state index in [1.807, 2.05) is 30.5 Å². The topological polar surface area (TPSA) is 50.2 Å². The molecule has 0 radical (unpaired) electrons. The molecule has 0 fully saturated rings. The van der Waals surface area contributed by atoms with Crippen LogP contribution >= 0.6 is 0 Å². The molecule has 1 aliphatic heterocycles. The number of rotatable bonds is 5. The number of pyridine rings is 2. The van der Waals surface area contributed by atoms with Crippen LogP contribution in [0.25, 0.3) is 22.2 Å². The van der Waals surface area contributed by atoms with Gasteiger partial charge in [-0.15, -0.1) is 0 Å². The minimum atomic E-state index is -0.268. The van der Waals surface area contributed by atoms with Crippen LogP contribution in [0.15, 0.2) is 90.2 Å². The SMILES string of the molecule is CC(C)CC1(c2ccccc2)CNC(c2cc(-c3ccccc3)nc3ccncc23)=N1. The fraction of sp³-hybridized carbons (Fsp3) is 0.222. The molecule has 2 aromatic heterocycles. The molecule has 31 heavy (non-hydrogen) atoms. The Morgan fingerprint density at radius 1 is 0.968 bits per heavy atom. The van der Waals surface area contributed by atoms with Crippen molar-refractivity contribution in [1.29, 1.82) is 0 Å². The lowest BCUT2D eigenvalue weighted by Crippen LogP contribution is -2.32. The van der Waals surface area contributed by atoms with Gasteiger partial charge in [-0.25, -0.2) is 4.98 Å². The third-order valence-electron chi connectivity index (χ3n) is 5.87. The van der Waals surface area contributed by atoms with E-state index in [4.69, 9.17) is 9.98 Å². The highest BCUT2D eigenvalue weighted by molar-refractivity contribution is 6.10. The monoisotopic (exact) mass is 406 g/mol. The lowest BCUT2D eigenvalue weighted by atomic mass is 9.83. The van der Waals surface area contributed by atoms with Crippen molar-refractivity contribution < 1.29 is 0 Å². The van der Waals surface area contributed by atoms with Crippen molar-refractivity contribution >= 4 is 16.7 Å². The maximum absolute atomic E-state index is 5.34. The van der Waals surface area contributed by atoms with Crippen molar-refractivity contribution in [2.24, 2.45) is 10.9 Å². The molecule has 154 valence electrons. The second-order valence-electron chi connectivity index (χ2n) is 8.62. The second kappa shape index (κ2) is 7.95. The zero-order chi connectivity index (χ0) is 21.3. The lowest BCUT2D eigenvalue weighted by molar-refractivity contribution is 0.369. The molecule has 5 rings (SSSR count). The number of benzene rings is 2. The predicted octanol–water partition coefficient (Wildman–Crippen LogP) is 5.59. The minimum Gasteiger partial charge on any atom is -0.367 e. The molecule has 1 unspecified atom stereocenters. The fourth-order valence-corrected chi connectivity index (χ4v) is 4.53. The van der Waals surface area contributed by atoms with Crippen molar-refractivity contribution in [1.82, 2.24) is 15.3 Å². The van der Waals surface area contributed by atoms with Gasteiger partial charge in [0.2, 0.25) is 0 Å². The van der Waals surface area contributed by atoms with Crippen LogP contribution in [-0.2, 0) is 5.54 Å². The first-order valence-corrected chi connectivity index (χ1v) is 10.8. The van der Waals surface area contributed by atoms with Gasteiger partial charge in [-0.05, 0) is 30.0 Å². The first kappa shape index (κ1) is 19.4. The molecule has 2 aromatic carbocycles. The number of nitrogens with one attached hydrogen (secondary N) is 1. The molecule has 4 heteroatoms. The normalized spacial score (nSPS) is 18.2. The standard InChI is InChI=1S/C27H26N4/c1-19(2)16-27(21-11-7-4-8-12-21)18-29-26(31-27)22-15-25(20-9-5-3-6-10-20)30-24-13-14-28-17-23(22)24/h3-15,17,19H,16,18H2,1-2H3,(H,29,31). The van der Waals surface area contributed by atoms with Crippen molar-refractivity contribution in [3.8, 4) is 11.3 Å². The van der Waals surface area contributed by atoms with Crippen molar-refractivity contribution in [3.63, 3.8) is 0 Å². The van der Waals surface area contributed by atoms with Crippen LogP contribution in [0.4, 0.5) is 0 Å². The van der Waals surface area contributed by atoms with Crippen molar-refractivity contribution in [2.75, 3.05) is 6.54 Å². The van der Waals surface area contributed by atoms with Crippen LogP contribution < -0.4 is 5.32 Å². The lowest BCUT2D eigenvalue weighted by Gasteiger charge is -2.27. The van der Waals surface area contributed by atoms with Crippen LogP contribution in [0.3, 0.4) is 0 Å². The molecule has 1 N–H and O–H groups in total. The van der Waals surface area contributed by atoms with Gasteiger partial charge in [0, 0.05) is 35.5 Å². The van der Waals surface area contributed by atoms with Crippen molar-refractivity contribution in [3.05, 3.63) is 96.3 Å². The average molecular weight is 407 g/mol. The van der Waals surface area contributed by atoms with E-state index in [-0.39, 0.29) is 5.54 Å². The smallest absolute Gasteiger partial charge is 0.130 e. The van der Waals surface area contributed by atoms with Crippen LogP contribution in [0.1, 0.15) is 31.4 Å². The van der Waals surface area contributed by atoms with Gasteiger partial charge < -0.3 is 5.32 Å². The fourth-order valence-electron chi connectivity index (χ4n) is 4.53. The molecule has 0 spiro atoms. The summed E-state index contributed by atoms with van der Waals surface area (Å²) in [4.78, 5) is 14.6. The van der Waals surface area contributed by atoms with Gasteiger partial charge in [-0.1, -0.05) is 74.5 Å². The Kier molecular flexibility index (Phi) is 4.99. The van der Waals surface area contributed by atoms with E-state index in [1.165, 1.54) is 5.56 Å². The number of aliphatic imine (C=N–C) groups is 1. The molecule has 0 saturated carbocycles. The highest BCUT2D eigenvalue weighted by atomic mass is 15.1. The molecule has 0 aliphatic carbocycles. The van der Waals surface area contributed by atoms with Gasteiger partial charge in [0.05, 0.1) is 11.2 Å². The van der Waals surface area contributed by atoms with Crippen LogP contribution in [-0.4, -0.2) is 22.3 Å². The summed E-state index contributed by atoms with van der Waals surface area (Å²) in [5.41, 5.74) is 5.01. The highest BCUT2D eigenvalue weighted by Crippen LogP contribution is 2.37. The van der Waals surface area contributed by atoms with Gasteiger partial charge >= 0.3 is 0 Å². The number of fused-ring (bicyclic) bond motifs is 1. The summed E-state index contributed by atoms with van der Waals surface area (Å²) in [5, 5.41) is 4.65. The average Bonchev–Trinajstić information content (AvgIpc) is 3.24. The zero-order valence-electron chi connectivity index (χ0n) is 17.9. The van der Waals surface area contributed by atoms with Gasteiger partial charge in [0.25, 0.3) is 0 Å². The Balaban J connectivity index is 1.68. The Morgan fingerprint density at radius 2 is 1.71 bits per heavy atom. The van der Waals surface area contributed by atoms with E-state index in [1.54, 1.807) is 6.20 Å². The molecular formula is C27H26N4. The summed E-state index contributed by atoms with van der Waals surface area (Å²) in [7, 11) is 0.